The van der Waals surface area contributed by atoms with Crippen LogP contribution in [0, 0.1) is 0 Å². The molecule has 0 aliphatic rings. The molecule has 0 aliphatic heterocycles. The van der Waals surface area contributed by atoms with Crippen molar-refractivity contribution in [2.75, 3.05) is 25.7 Å². The number of sulfone groups is 1. The van der Waals surface area contributed by atoms with Crippen LogP contribution < -0.4 is 9.47 Å². The molecule has 1 aromatic rings. The number of methoxy groups -OCH3 is 1. The minimum absolute atomic E-state index is 0.0138. The molecule has 0 spiro atoms. The van der Waals surface area contributed by atoms with E-state index in [1.807, 2.05) is 0 Å². The number of benzene rings is 1. The van der Waals surface area contributed by atoms with Gasteiger partial charge in [0.25, 0.3) is 0 Å². The molecule has 0 saturated carbocycles. The van der Waals surface area contributed by atoms with Crippen molar-refractivity contribution in [3.05, 3.63) is 23.8 Å². The molecule has 0 saturated heterocycles. The summed E-state index contributed by atoms with van der Waals surface area (Å²) >= 11 is 0. The van der Waals surface area contributed by atoms with Gasteiger partial charge < -0.3 is 9.47 Å². The van der Waals surface area contributed by atoms with Gasteiger partial charge in [-0.25, -0.2) is 8.42 Å². The van der Waals surface area contributed by atoms with Crippen molar-refractivity contribution in [3.63, 3.8) is 0 Å². The highest BCUT2D eigenvalue weighted by Gasteiger charge is 2.11. The Morgan fingerprint density at radius 2 is 2.06 bits per heavy atom. The number of para-hydroxylation sites is 1. The molecule has 5 nitrogen and oxygen atoms in total. The van der Waals surface area contributed by atoms with Gasteiger partial charge in [-0.05, 0) is 12.1 Å². The summed E-state index contributed by atoms with van der Waals surface area (Å²) in [5.74, 6) is 0.570. The van der Waals surface area contributed by atoms with Crippen molar-refractivity contribution < 1.29 is 22.7 Å². The zero-order valence-electron chi connectivity index (χ0n) is 9.67. The maximum atomic E-state index is 10.9. The summed E-state index contributed by atoms with van der Waals surface area (Å²) in [7, 11) is -1.64. The van der Waals surface area contributed by atoms with Crippen LogP contribution >= 0.6 is 0 Å². The molecule has 0 radical (unpaired) electrons. The predicted molar refractivity (Wildman–Crippen MR) is 63.6 cm³/mol. The van der Waals surface area contributed by atoms with E-state index in [-0.39, 0.29) is 18.1 Å². The molecular formula is C11H14O5S. The van der Waals surface area contributed by atoms with Crippen LogP contribution in [-0.4, -0.2) is 40.4 Å². The largest absolute Gasteiger partial charge is 0.493 e. The minimum Gasteiger partial charge on any atom is -0.493 e. The fourth-order valence-electron chi connectivity index (χ4n) is 1.24. The van der Waals surface area contributed by atoms with Crippen LogP contribution in [0.2, 0.25) is 0 Å². The smallest absolute Gasteiger partial charge is 0.171 e. The molecule has 0 bridgehead atoms. The van der Waals surface area contributed by atoms with Crippen LogP contribution in [-0.2, 0) is 9.84 Å². The first-order valence-electron chi connectivity index (χ1n) is 4.90. The van der Waals surface area contributed by atoms with Gasteiger partial charge in [0.05, 0.1) is 18.4 Å². The molecule has 0 aromatic heterocycles. The first-order chi connectivity index (χ1) is 7.98. The van der Waals surface area contributed by atoms with Crippen molar-refractivity contribution in [3.8, 4) is 11.5 Å². The highest BCUT2D eigenvalue weighted by Crippen LogP contribution is 2.29. The van der Waals surface area contributed by atoms with Crippen LogP contribution in [0.3, 0.4) is 0 Å². The van der Waals surface area contributed by atoms with Gasteiger partial charge in [0, 0.05) is 6.26 Å². The fourth-order valence-corrected chi connectivity index (χ4v) is 1.62. The molecular weight excluding hydrogens is 244 g/mol. The Morgan fingerprint density at radius 3 is 2.59 bits per heavy atom. The van der Waals surface area contributed by atoms with Crippen LogP contribution in [0.5, 0.6) is 11.5 Å². The van der Waals surface area contributed by atoms with E-state index in [1.165, 1.54) is 7.11 Å². The van der Waals surface area contributed by atoms with E-state index in [1.54, 1.807) is 18.2 Å². The molecule has 1 aromatic carbocycles. The van der Waals surface area contributed by atoms with E-state index in [0.29, 0.717) is 17.6 Å². The van der Waals surface area contributed by atoms with E-state index in [9.17, 15) is 13.2 Å². The molecule has 1 rings (SSSR count). The van der Waals surface area contributed by atoms with E-state index < -0.39 is 9.84 Å². The predicted octanol–water partition coefficient (Wildman–Crippen LogP) is 0.931. The SMILES string of the molecule is COc1cccc(C=O)c1OCCS(C)(=O)=O. The molecule has 0 heterocycles. The molecule has 0 fully saturated rings. The third-order valence-corrected chi connectivity index (χ3v) is 2.97. The first-order valence-corrected chi connectivity index (χ1v) is 6.96. The number of ether oxygens (including phenoxy) is 2. The Morgan fingerprint density at radius 1 is 1.35 bits per heavy atom. The summed E-state index contributed by atoms with van der Waals surface area (Å²) < 4.78 is 32.2. The minimum atomic E-state index is -3.09. The van der Waals surface area contributed by atoms with E-state index in [2.05, 4.69) is 0 Å². The van der Waals surface area contributed by atoms with E-state index in [4.69, 9.17) is 9.47 Å². The number of hydrogen-bond donors (Lipinski definition) is 0. The second kappa shape index (κ2) is 5.67. The Labute approximate surface area is 100 Å². The average Bonchev–Trinajstić information content (AvgIpc) is 2.27. The molecule has 6 heteroatoms. The second-order valence-electron chi connectivity index (χ2n) is 3.47. The van der Waals surface area contributed by atoms with Gasteiger partial charge in [-0.3, -0.25) is 4.79 Å². The standard InChI is InChI=1S/C11H14O5S/c1-15-10-5-3-4-9(8-12)11(10)16-6-7-17(2,13)14/h3-5,8H,6-7H2,1-2H3. The number of carbonyl (C=O) groups excluding carboxylic acids is 1. The molecule has 0 aliphatic carbocycles. The normalized spacial score (nSPS) is 10.9. The highest BCUT2D eigenvalue weighted by molar-refractivity contribution is 7.90. The van der Waals surface area contributed by atoms with Gasteiger partial charge in [-0.1, -0.05) is 6.07 Å². The lowest BCUT2D eigenvalue weighted by atomic mass is 10.2. The third kappa shape index (κ3) is 4.07. The van der Waals surface area contributed by atoms with Gasteiger partial charge in [-0.15, -0.1) is 0 Å². The van der Waals surface area contributed by atoms with Gasteiger partial charge in [0.15, 0.2) is 27.6 Å². The molecule has 94 valence electrons. The van der Waals surface area contributed by atoms with Crippen LogP contribution in [0.4, 0.5) is 0 Å². The fraction of sp³-hybridized carbons (Fsp3) is 0.364. The maximum absolute atomic E-state index is 10.9. The average molecular weight is 258 g/mol. The first kappa shape index (κ1) is 13.5. The van der Waals surface area contributed by atoms with Crippen LogP contribution in [0.25, 0.3) is 0 Å². The lowest BCUT2D eigenvalue weighted by molar-refractivity contribution is 0.111. The number of aldehydes is 1. The lowest BCUT2D eigenvalue weighted by Gasteiger charge is -2.11. The highest BCUT2D eigenvalue weighted by atomic mass is 32.2. The summed E-state index contributed by atoms with van der Waals surface area (Å²) in [5, 5.41) is 0. The molecule has 0 amide bonds. The Kier molecular flexibility index (Phi) is 4.51. The third-order valence-electron chi connectivity index (χ3n) is 2.06. The summed E-state index contributed by atoms with van der Waals surface area (Å²) in [5.41, 5.74) is 0.331. The molecule has 0 atom stereocenters. The maximum Gasteiger partial charge on any atom is 0.171 e. The van der Waals surface area contributed by atoms with Gasteiger partial charge >= 0.3 is 0 Å². The summed E-state index contributed by atoms with van der Waals surface area (Å²) in [4.78, 5) is 10.8. The summed E-state index contributed by atoms with van der Waals surface area (Å²) in [6.45, 7) is -0.0138. The Bertz CT molecular complexity index is 493. The number of rotatable bonds is 6. The Balaban J connectivity index is 2.85. The lowest BCUT2D eigenvalue weighted by Crippen LogP contribution is -2.13. The van der Waals surface area contributed by atoms with Gasteiger partial charge in [-0.2, -0.15) is 0 Å². The van der Waals surface area contributed by atoms with Crippen molar-refractivity contribution in [2.24, 2.45) is 0 Å². The number of hydrogen-bond acceptors (Lipinski definition) is 5. The summed E-state index contributed by atoms with van der Waals surface area (Å²) in [6, 6.07) is 4.88. The van der Waals surface area contributed by atoms with Crippen LogP contribution in [0.15, 0.2) is 18.2 Å². The van der Waals surface area contributed by atoms with Crippen LogP contribution in [0.1, 0.15) is 10.4 Å². The zero-order chi connectivity index (χ0) is 12.9. The molecule has 17 heavy (non-hydrogen) atoms. The monoisotopic (exact) mass is 258 g/mol. The Hall–Kier alpha value is -1.56. The van der Waals surface area contributed by atoms with E-state index in [0.717, 1.165) is 6.26 Å². The summed E-state index contributed by atoms with van der Waals surface area (Å²) in [6.07, 6.45) is 1.76. The second-order valence-corrected chi connectivity index (χ2v) is 5.73. The van der Waals surface area contributed by atoms with Crippen molar-refractivity contribution in [1.29, 1.82) is 0 Å². The van der Waals surface area contributed by atoms with E-state index >= 15 is 0 Å². The molecule has 0 unspecified atom stereocenters. The van der Waals surface area contributed by atoms with Crippen molar-refractivity contribution >= 4 is 16.1 Å². The molecule has 0 N–H and O–H groups in total. The zero-order valence-corrected chi connectivity index (χ0v) is 10.5. The van der Waals surface area contributed by atoms with Gasteiger partial charge in [0.2, 0.25) is 0 Å². The topological polar surface area (TPSA) is 69.7 Å². The quantitative estimate of drug-likeness (QED) is 0.710. The number of carbonyl (C=O) groups is 1. The van der Waals surface area contributed by atoms with Gasteiger partial charge in [0.1, 0.15) is 6.61 Å². The van der Waals surface area contributed by atoms with Crippen molar-refractivity contribution in [1.82, 2.24) is 0 Å². The van der Waals surface area contributed by atoms with Crippen molar-refractivity contribution in [2.45, 2.75) is 0 Å².